The molecule has 2 saturated heterocycles. The molecule has 3 heterocycles. The molecule has 6 nitrogen and oxygen atoms in total. The number of para-hydroxylation sites is 1. The fourth-order valence-corrected chi connectivity index (χ4v) is 7.34. The summed E-state index contributed by atoms with van der Waals surface area (Å²) in [5.41, 5.74) is 1.23. The molecular formula is C23H24ClN3O3S2. The first-order valence-electron chi connectivity index (χ1n) is 10.9. The predicted octanol–water partition coefficient (Wildman–Crippen LogP) is 4.75. The van der Waals surface area contributed by atoms with Crippen LogP contribution >= 0.6 is 22.9 Å². The normalized spacial score (nSPS) is 20.2. The van der Waals surface area contributed by atoms with Gasteiger partial charge in [0.25, 0.3) is 5.91 Å². The van der Waals surface area contributed by atoms with E-state index in [1.54, 1.807) is 16.2 Å². The number of halogens is 1. The average Bonchev–Trinajstić information content (AvgIpc) is 3.49. The van der Waals surface area contributed by atoms with E-state index in [1.807, 2.05) is 18.2 Å². The van der Waals surface area contributed by atoms with Crippen LogP contribution in [-0.2, 0) is 10.0 Å². The molecule has 0 saturated carbocycles. The van der Waals surface area contributed by atoms with Crippen LogP contribution in [0.4, 0.5) is 0 Å². The molecule has 5 rings (SSSR count). The number of carbonyl (C=O) groups excluding carboxylic acids is 1. The summed E-state index contributed by atoms with van der Waals surface area (Å²) in [4.78, 5) is 20.1. The minimum Gasteiger partial charge on any atom is -0.338 e. The number of hydrogen-bond acceptors (Lipinski definition) is 5. The van der Waals surface area contributed by atoms with Crippen molar-refractivity contribution in [1.29, 1.82) is 0 Å². The molecule has 168 valence electrons. The van der Waals surface area contributed by atoms with E-state index in [1.165, 1.54) is 22.5 Å². The van der Waals surface area contributed by atoms with Gasteiger partial charge in [-0.15, -0.1) is 11.3 Å². The fraction of sp³-hybridized carbons (Fsp3) is 0.391. The van der Waals surface area contributed by atoms with Gasteiger partial charge in [0.1, 0.15) is 0 Å². The molecular weight excluding hydrogens is 466 g/mol. The van der Waals surface area contributed by atoms with E-state index in [0.717, 1.165) is 40.9 Å². The van der Waals surface area contributed by atoms with E-state index >= 15 is 0 Å². The number of rotatable bonds is 4. The smallest absolute Gasteiger partial charge is 0.255 e. The third kappa shape index (κ3) is 4.05. The predicted molar refractivity (Wildman–Crippen MR) is 127 cm³/mol. The van der Waals surface area contributed by atoms with Crippen molar-refractivity contribution in [3.05, 3.63) is 58.1 Å². The monoisotopic (exact) mass is 489 g/mol. The van der Waals surface area contributed by atoms with E-state index in [4.69, 9.17) is 16.6 Å². The van der Waals surface area contributed by atoms with Crippen LogP contribution in [0.15, 0.2) is 47.4 Å². The van der Waals surface area contributed by atoms with Gasteiger partial charge < -0.3 is 4.90 Å². The lowest BCUT2D eigenvalue weighted by atomic mass is 9.98. The lowest BCUT2D eigenvalue weighted by Crippen LogP contribution is -2.39. The Kier molecular flexibility index (Phi) is 5.96. The zero-order chi connectivity index (χ0) is 22.3. The van der Waals surface area contributed by atoms with Crippen LogP contribution in [0.3, 0.4) is 0 Å². The summed E-state index contributed by atoms with van der Waals surface area (Å²) >= 11 is 8.04. The van der Waals surface area contributed by atoms with Crippen molar-refractivity contribution in [3.63, 3.8) is 0 Å². The van der Waals surface area contributed by atoms with Crippen LogP contribution in [0.2, 0.25) is 5.02 Å². The zero-order valence-corrected chi connectivity index (χ0v) is 19.9. The highest BCUT2D eigenvalue weighted by molar-refractivity contribution is 7.89. The molecule has 32 heavy (non-hydrogen) atoms. The second-order valence-electron chi connectivity index (χ2n) is 8.36. The molecule has 1 atom stereocenters. The van der Waals surface area contributed by atoms with Crippen molar-refractivity contribution < 1.29 is 13.2 Å². The minimum atomic E-state index is -3.62. The van der Waals surface area contributed by atoms with E-state index in [9.17, 15) is 13.2 Å². The van der Waals surface area contributed by atoms with Crippen molar-refractivity contribution >= 4 is 49.1 Å². The van der Waals surface area contributed by atoms with Crippen LogP contribution in [-0.4, -0.2) is 54.7 Å². The van der Waals surface area contributed by atoms with Crippen molar-refractivity contribution in [3.8, 4) is 0 Å². The number of fused-ring (bicyclic) bond motifs is 1. The Bertz CT molecular complexity index is 1240. The summed E-state index contributed by atoms with van der Waals surface area (Å²) in [7, 11) is -3.62. The molecule has 1 aromatic heterocycles. The highest BCUT2D eigenvalue weighted by Gasteiger charge is 2.31. The Balaban J connectivity index is 1.39. The van der Waals surface area contributed by atoms with Gasteiger partial charge in [0.05, 0.1) is 30.7 Å². The summed E-state index contributed by atoms with van der Waals surface area (Å²) < 4.78 is 28.6. The van der Waals surface area contributed by atoms with Gasteiger partial charge in [0, 0.05) is 32.1 Å². The molecule has 0 spiro atoms. The highest BCUT2D eigenvalue weighted by Crippen LogP contribution is 2.34. The molecule has 9 heteroatoms. The Labute approximate surface area is 196 Å². The Hall–Kier alpha value is -2.00. The van der Waals surface area contributed by atoms with Gasteiger partial charge >= 0.3 is 0 Å². The van der Waals surface area contributed by atoms with E-state index < -0.39 is 10.0 Å². The van der Waals surface area contributed by atoms with Gasteiger partial charge in [-0.2, -0.15) is 4.31 Å². The first kappa shape index (κ1) is 21.8. The minimum absolute atomic E-state index is 0.131. The van der Waals surface area contributed by atoms with E-state index in [0.29, 0.717) is 26.2 Å². The molecule has 0 aliphatic carbocycles. The summed E-state index contributed by atoms with van der Waals surface area (Å²) in [5, 5.41) is 1.32. The molecule has 2 fully saturated rings. The highest BCUT2D eigenvalue weighted by atomic mass is 35.5. The standard InChI is InChI=1S/C23H24ClN3O3S2/c24-19-10-9-17(32(29,30)27-12-3-4-13-27)14-18(19)23(28)26-11-5-6-16(15-26)22-25-20-7-1-2-8-21(20)31-22/h1-2,7-10,14,16H,3-6,11-13,15H2/t16-/m0/s1. The summed E-state index contributed by atoms with van der Waals surface area (Å²) in [6, 6.07) is 12.5. The van der Waals surface area contributed by atoms with Crippen molar-refractivity contribution in [2.75, 3.05) is 26.2 Å². The van der Waals surface area contributed by atoms with Gasteiger partial charge in [-0.3, -0.25) is 4.79 Å². The topological polar surface area (TPSA) is 70.6 Å². The number of likely N-dealkylation sites (tertiary alicyclic amines) is 1. The maximum absolute atomic E-state index is 13.4. The van der Waals surface area contributed by atoms with Crippen LogP contribution in [0.25, 0.3) is 10.2 Å². The quantitative estimate of drug-likeness (QED) is 0.530. The number of piperidine rings is 1. The van der Waals surface area contributed by atoms with Crippen molar-refractivity contribution in [2.45, 2.75) is 36.5 Å². The number of thiazole rings is 1. The third-order valence-electron chi connectivity index (χ3n) is 6.24. The average molecular weight is 490 g/mol. The first-order valence-corrected chi connectivity index (χ1v) is 13.5. The number of benzene rings is 2. The van der Waals surface area contributed by atoms with Crippen molar-refractivity contribution in [2.24, 2.45) is 0 Å². The lowest BCUT2D eigenvalue weighted by molar-refractivity contribution is 0.0707. The van der Waals surface area contributed by atoms with Crippen LogP contribution in [0, 0.1) is 0 Å². The number of sulfonamides is 1. The number of aromatic nitrogens is 1. The summed E-state index contributed by atoms with van der Waals surface area (Å²) in [5.74, 6) is -0.0559. The van der Waals surface area contributed by atoms with Crippen LogP contribution in [0.5, 0.6) is 0 Å². The van der Waals surface area contributed by atoms with Gasteiger partial charge in [-0.1, -0.05) is 23.7 Å². The van der Waals surface area contributed by atoms with Crippen molar-refractivity contribution in [1.82, 2.24) is 14.2 Å². The zero-order valence-electron chi connectivity index (χ0n) is 17.5. The Morgan fingerprint density at radius 1 is 1.06 bits per heavy atom. The van der Waals surface area contributed by atoms with Gasteiger partial charge in [-0.05, 0) is 56.0 Å². The van der Waals surface area contributed by atoms with E-state index in [-0.39, 0.29) is 27.3 Å². The SMILES string of the molecule is O=C(c1cc(S(=O)(=O)N2CCCC2)ccc1Cl)N1CCC[C@H](c2nc3ccccc3s2)C1. The van der Waals surface area contributed by atoms with Gasteiger partial charge in [-0.25, -0.2) is 13.4 Å². The van der Waals surface area contributed by atoms with Crippen LogP contribution in [0.1, 0.15) is 47.0 Å². The third-order valence-corrected chi connectivity index (χ3v) is 9.66. The van der Waals surface area contributed by atoms with Gasteiger partial charge in [0.2, 0.25) is 10.0 Å². The molecule has 2 aromatic carbocycles. The lowest BCUT2D eigenvalue weighted by Gasteiger charge is -2.32. The number of hydrogen-bond donors (Lipinski definition) is 0. The molecule has 2 aliphatic rings. The molecule has 0 radical (unpaired) electrons. The molecule has 1 amide bonds. The molecule has 0 unspecified atom stereocenters. The Morgan fingerprint density at radius 2 is 1.84 bits per heavy atom. The largest absolute Gasteiger partial charge is 0.338 e. The molecule has 0 bridgehead atoms. The van der Waals surface area contributed by atoms with Gasteiger partial charge in [0.15, 0.2) is 0 Å². The first-order chi connectivity index (χ1) is 15.4. The molecule has 0 N–H and O–H groups in total. The molecule has 2 aliphatic heterocycles. The second-order valence-corrected chi connectivity index (χ2v) is 11.8. The number of carbonyl (C=O) groups is 1. The van der Waals surface area contributed by atoms with E-state index in [2.05, 4.69) is 6.07 Å². The second kappa shape index (κ2) is 8.74. The fourth-order valence-electron chi connectivity index (χ4n) is 4.50. The Morgan fingerprint density at radius 3 is 2.62 bits per heavy atom. The number of nitrogens with zero attached hydrogens (tertiary/aromatic N) is 3. The summed E-state index contributed by atoms with van der Waals surface area (Å²) in [6.45, 7) is 2.21. The maximum Gasteiger partial charge on any atom is 0.255 e. The van der Waals surface area contributed by atoms with Crippen LogP contribution < -0.4 is 0 Å². The summed E-state index contributed by atoms with van der Waals surface area (Å²) in [6.07, 6.45) is 3.56. The number of amides is 1. The molecule has 3 aromatic rings. The maximum atomic E-state index is 13.4.